The first kappa shape index (κ1) is 9.48. The average Bonchev–Trinajstić information content (AvgIpc) is 2.47. The molecule has 5 heteroatoms. The summed E-state index contributed by atoms with van der Waals surface area (Å²) in [6, 6.07) is 0. The zero-order chi connectivity index (χ0) is 8.97. The fourth-order valence-electron chi connectivity index (χ4n) is 0.824. The van der Waals surface area contributed by atoms with Gasteiger partial charge in [0.1, 0.15) is 4.34 Å². The molecule has 0 N–H and O–H groups in total. The molecule has 3 nitrogen and oxygen atoms in total. The SMILES string of the molecule is CC(COC=O)c1ncsc1Cl. The van der Waals surface area contributed by atoms with Gasteiger partial charge in [0, 0.05) is 5.92 Å². The summed E-state index contributed by atoms with van der Waals surface area (Å²) in [5.41, 5.74) is 2.47. The predicted octanol–water partition coefficient (Wildman–Crippen LogP) is 2.07. The Labute approximate surface area is 79.3 Å². The second kappa shape index (κ2) is 4.42. The van der Waals surface area contributed by atoms with Crippen LogP contribution >= 0.6 is 22.9 Å². The van der Waals surface area contributed by atoms with Crippen molar-refractivity contribution in [1.82, 2.24) is 4.98 Å². The summed E-state index contributed by atoms with van der Waals surface area (Å²) in [7, 11) is 0. The first-order valence-corrected chi connectivity index (χ1v) is 4.65. The average molecular weight is 206 g/mol. The number of hydrogen-bond donors (Lipinski definition) is 0. The third-order valence-corrected chi connectivity index (χ3v) is 2.52. The highest BCUT2D eigenvalue weighted by Crippen LogP contribution is 2.26. The molecule has 1 aromatic rings. The Kier molecular flexibility index (Phi) is 3.49. The number of hydrogen-bond acceptors (Lipinski definition) is 4. The Morgan fingerprint density at radius 1 is 1.92 bits per heavy atom. The lowest BCUT2D eigenvalue weighted by atomic mass is 10.1. The maximum absolute atomic E-state index is 9.89. The van der Waals surface area contributed by atoms with Gasteiger partial charge in [-0.05, 0) is 0 Å². The third-order valence-electron chi connectivity index (χ3n) is 1.43. The van der Waals surface area contributed by atoms with E-state index in [4.69, 9.17) is 11.6 Å². The summed E-state index contributed by atoms with van der Waals surface area (Å²) in [5.74, 6) is 0.0638. The highest BCUT2D eigenvalue weighted by Gasteiger charge is 2.12. The smallest absolute Gasteiger partial charge is 0.293 e. The van der Waals surface area contributed by atoms with Gasteiger partial charge in [-0.2, -0.15) is 0 Å². The third kappa shape index (κ3) is 2.19. The molecule has 0 aliphatic rings. The summed E-state index contributed by atoms with van der Waals surface area (Å²) in [6.07, 6.45) is 0. The van der Waals surface area contributed by atoms with Gasteiger partial charge in [0.15, 0.2) is 0 Å². The van der Waals surface area contributed by atoms with Gasteiger partial charge in [-0.3, -0.25) is 4.79 Å². The molecule has 1 atom stereocenters. The van der Waals surface area contributed by atoms with Crippen LogP contribution in [0.15, 0.2) is 5.51 Å². The van der Waals surface area contributed by atoms with Crippen molar-refractivity contribution in [3.63, 3.8) is 0 Å². The first-order chi connectivity index (χ1) is 5.75. The lowest BCUT2D eigenvalue weighted by Gasteiger charge is -2.06. The highest BCUT2D eigenvalue weighted by atomic mass is 35.5. The molecule has 1 heterocycles. The van der Waals surface area contributed by atoms with Crippen molar-refractivity contribution in [3.8, 4) is 0 Å². The number of halogens is 1. The fraction of sp³-hybridized carbons (Fsp3) is 0.429. The van der Waals surface area contributed by atoms with Crippen molar-refractivity contribution < 1.29 is 9.53 Å². The number of thiazole rings is 1. The first-order valence-electron chi connectivity index (χ1n) is 3.39. The lowest BCUT2D eigenvalue weighted by Crippen LogP contribution is -2.03. The normalized spacial score (nSPS) is 12.5. The molecular weight excluding hydrogens is 198 g/mol. The molecule has 0 amide bonds. The molecule has 0 bridgehead atoms. The Morgan fingerprint density at radius 2 is 2.67 bits per heavy atom. The van der Waals surface area contributed by atoms with E-state index in [1.54, 1.807) is 5.51 Å². The van der Waals surface area contributed by atoms with Gasteiger partial charge in [-0.1, -0.05) is 18.5 Å². The van der Waals surface area contributed by atoms with Crippen molar-refractivity contribution in [2.45, 2.75) is 12.8 Å². The predicted molar refractivity (Wildman–Crippen MR) is 47.6 cm³/mol. The Morgan fingerprint density at radius 3 is 3.17 bits per heavy atom. The molecule has 1 aromatic heterocycles. The Balaban J connectivity index is 2.58. The van der Waals surface area contributed by atoms with Crippen LogP contribution in [0.3, 0.4) is 0 Å². The van der Waals surface area contributed by atoms with Gasteiger partial charge in [0.2, 0.25) is 0 Å². The lowest BCUT2D eigenvalue weighted by molar-refractivity contribution is -0.129. The standard InChI is InChI=1S/C7H8ClNO2S/c1-5(2-11-4-10)6-7(8)12-3-9-6/h3-5H,2H2,1H3. The molecule has 0 saturated carbocycles. The molecule has 1 rings (SSSR count). The van der Waals surface area contributed by atoms with E-state index in [0.717, 1.165) is 5.69 Å². The molecule has 0 fully saturated rings. The molecule has 0 radical (unpaired) electrons. The van der Waals surface area contributed by atoms with Crippen molar-refractivity contribution in [2.24, 2.45) is 0 Å². The van der Waals surface area contributed by atoms with E-state index in [1.807, 2.05) is 6.92 Å². The van der Waals surface area contributed by atoms with Gasteiger partial charge < -0.3 is 4.74 Å². The summed E-state index contributed by atoms with van der Waals surface area (Å²) in [4.78, 5) is 14.0. The maximum Gasteiger partial charge on any atom is 0.293 e. The van der Waals surface area contributed by atoms with Gasteiger partial charge in [0.25, 0.3) is 6.47 Å². The van der Waals surface area contributed by atoms with Gasteiger partial charge in [0.05, 0.1) is 17.8 Å². The molecule has 1 unspecified atom stereocenters. The molecule has 0 aromatic carbocycles. The van der Waals surface area contributed by atoms with Crippen LogP contribution in [0.4, 0.5) is 0 Å². The zero-order valence-corrected chi connectivity index (χ0v) is 8.06. The van der Waals surface area contributed by atoms with E-state index in [1.165, 1.54) is 11.3 Å². The minimum Gasteiger partial charge on any atom is -0.467 e. The van der Waals surface area contributed by atoms with Crippen LogP contribution in [0.5, 0.6) is 0 Å². The summed E-state index contributed by atoms with van der Waals surface area (Å²) in [6.45, 7) is 2.66. The summed E-state index contributed by atoms with van der Waals surface area (Å²) >= 11 is 7.20. The summed E-state index contributed by atoms with van der Waals surface area (Å²) in [5, 5.41) is 0. The van der Waals surface area contributed by atoms with E-state index in [2.05, 4.69) is 9.72 Å². The largest absolute Gasteiger partial charge is 0.467 e. The van der Waals surface area contributed by atoms with Crippen LogP contribution in [0.25, 0.3) is 0 Å². The van der Waals surface area contributed by atoms with Crippen LogP contribution < -0.4 is 0 Å². The van der Waals surface area contributed by atoms with E-state index < -0.39 is 0 Å². The monoisotopic (exact) mass is 205 g/mol. The minimum atomic E-state index is 0.0638. The van der Waals surface area contributed by atoms with Crippen LogP contribution in [0, 0.1) is 0 Å². The van der Waals surface area contributed by atoms with Gasteiger partial charge in [-0.15, -0.1) is 11.3 Å². The molecule has 66 valence electrons. The number of ether oxygens (including phenoxy) is 1. The van der Waals surface area contributed by atoms with Gasteiger partial charge in [-0.25, -0.2) is 4.98 Å². The Hall–Kier alpha value is -0.610. The van der Waals surface area contributed by atoms with Crippen molar-refractivity contribution in [1.29, 1.82) is 0 Å². The molecule has 0 saturated heterocycles. The maximum atomic E-state index is 9.89. The quantitative estimate of drug-likeness (QED) is 0.707. The second-order valence-corrected chi connectivity index (χ2v) is 3.80. The minimum absolute atomic E-state index is 0.0638. The number of aromatic nitrogens is 1. The topological polar surface area (TPSA) is 39.2 Å². The van der Waals surface area contributed by atoms with Crippen LogP contribution in [0.2, 0.25) is 4.34 Å². The van der Waals surface area contributed by atoms with Crippen LogP contribution in [-0.4, -0.2) is 18.1 Å². The van der Waals surface area contributed by atoms with Crippen LogP contribution in [-0.2, 0) is 9.53 Å². The number of nitrogens with zero attached hydrogens (tertiary/aromatic N) is 1. The molecule has 12 heavy (non-hydrogen) atoms. The van der Waals surface area contributed by atoms with Crippen molar-refractivity contribution in [2.75, 3.05) is 6.61 Å². The number of carbonyl (C=O) groups excluding carboxylic acids is 1. The fourth-order valence-corrected chi connectivity index (χ4v) is 1.81. The highest BCUT2D eigenvalue weighted by molar-refractivity contribution is 7.14. The Bertz CT molecular complexity index is 264. The summed E-state index contributed by atoms with van der Waals surface area (Å²) < 4.78 is 5.26. The molecular formula is C7H8ClNO2S. The van der Waals surface area contributed by atoms with E-state index in [-0.39, 0.29) is 5.92 Å². The van der Waals surface area contributed by atoms with Crippen molar-refractivity contribution in [3.05, 3.63) is 15.5 Å². The van der Waals surface area contributed by atoms with Crippen molar-refractivity contribution >= 4 is 29.4 Å². The van der Waals surface area contributed by atoms with Gasteiger partial charge >= 0.3 is 0 Å². The zero-order valence-electron chi connectivity index (χ0n) is 6.49. The second-order valence-electron chi connectivity index (χ2n) is 2.34. The number of rotatable bonds is 4. The van der Waals surface area contributed by atoms with E-state index in [0.29, 0.717) is 17.4 Å². The molecule has 0 aliphatic carbocycles. The molecule has 0 aliphatic heterocycles. The van der Waals surface area contributed by atoms with Crippen LogP contribution in [0.1, 0.15) is 18.5 Å². The molecule has 0 spiro atoms. The van der Waals surface area contributed by atoms with E-state index >= 15 is 0 Å². The number of carbonyl (C=O) groups is 1. The van der Waals surface area contributed by atoms with E-state index in [9.17, 15) is 4.79 Å².